The minimum absolute atomic E-state index is 0.0475. The van der Waals surface area contributed by atoms with Gasteiger partial charge in [-0.25, -0.2) is 4.98 Å². The third-order valence-electron chi connectivity index (χ3n) is 5.59. The number of nitrogens with zero attached hydrogens (tertiary/aromatic N) is 3. The number of nitrogens with two attached hydrogens (primary N) is 1. The Hall–Kier alpha value is -4.41. The fourth-order valence-corrected chi connectivity index (χ4v) is 3.86. The van der Waals surface area contributed by atoms with Crippen molar-refractivity contribution in [1.82, 2.24) is 19.8 Å². The van der Waals surface area contributed by atoms with E-state index in [9.17, 15) is 22.8 Å². The van der Waals surface area contributed by atoms with Crippen molar-refractivity contribution >= 4 is 23.3 Å². The molecular weight excluding hydrogens is 461 g/mol. The SMILES string of the molecule is N=C(N)NC(=O)c1ccc(C2=CCN(C(=O)c3ccc(-n4ccnc4)cc3)CC2)c(C(F)(F)F)c1. The van der Waals surface area contributed by atoms with E-state index >= 15 is 0 Å². The Labute approximate surface area is 198 Å². The Kier molecular flexibility index (Phi) is 6.41. The molecule has 0 saturated heterocycles. The minimum atomic E-state index is -4.70. The lowest BCUT2D eigenvalue weighted by molar-refractivity contribution is -0.137. The Morgan fingerprint density at radius 3 is 2.37 bits per heavy atom. The summed E-state index contributed by atoms with van der Waals surface area (Å²) in [6.07, 6.45) is 2.20. The summed E-state index contributed by atoms with van der Waals surface area (Å²) in [5.74, 6) is -1.78. The normalized spacial score (nSPS) is 13.8. The van der Waals surface area contributed by atoms with Crippen LogP contribution in [0.25, 0.3) is 11.3 Å². The Morgan fingerprint density at radius 2 is 1.80 bits per heavy atom. The standard InChI is InChI=1S/C24H21F3N6O2/c25-24(26,27)20-13-17(21(34)31-23(28)29)3-6-19(20)15-7-10-32(11-8-15)22(35)16-1-4-18(5-2-16)33-12-9-30-14-33/h1-7,9,12-14H,8,10-11H2,(H4,28,29,31,34). The zero-order chi connectivity index (χ0) is 25.2. The van der Waals surface area contributed by atoms with Crippen molar-refractivity contribution < 1.29 is 22.8 Å². The number of rotatable bonds is 4. The van der Waals surface area contributed by atoms with Crippen LogP contribution < -0.4 is 11.1 Å². The summed E-state index contributed by atoms with van der Waals surface area (Å²) in [6.45, 7) is 0.402. The number of hydrogen-bond acceptors (Lipinski definition) is 4. The molecule has 0 spiro atoms. The van der Waals surface area contributed by atoms with Crippen LogP contribution in [0.3, 0.4) is 0 Å². The first kappa shape index (κ1) is 23.7. The second-order valence-electron chi connectivity index (χ2n) is 7.87. The topological polar surface area (TPSA) is 117 Å². The highest BCUT2D eigenvalue weighted by molar-refractivity contribution is 6.04. The number of hydrogen-bond donors (Lipinski definition) is 3. The maximum absolute atomic E-state index is 13.8. The highest BCUT2D eigenvalue weighted by Gasteiger charge is 2.35. The second-order valence-corrected chi connectivity index (χ2v) is 7.87. The molecule has 2 aromatic carbocycles. The molecule has 2 amide bonds. The lowest BCUT2D eigenvalue weighted by Crippen LogP contribution is -2.36. The number of guanidine groups is 1. The maximum atomic E-state index is 13.8. The van der Waals surface area contributed by atoms with Crippen molar-refractivity contribution in [3.05, 3.63) is 89.5 Å². The molecule has 0 bridgehead atoms. The van der Waals surface area contributed by atoms with Crippen LogP contribution in [0.4, 0.5) is 13.2 Å². The predicted molar refractivity (Wildman–Crippen MR) is 123 cm³/mol. The minimum Gasteiger partial charge on any atom is -0.370 e. The molecular formula is C24H21F3N6O2. The number of imidazole rings is 1. The van der Waals surface area contributed by atoms with Gasteiger partial charge >= 0.3 is 6.18 Å². The number of carbonyl (C=O) groups excluding carboxylic acids is 2. The van der Waals surface area contributed by atoms with Crippen LogP contribution in [0.1, 0.15) is 38.3 Å². The molecule has 11 heteroatoms. The first-order valence-electron chi connectivity index (χ1n) is 10.6. The zero-order valence-corrected chi connectivity index (χ0v) is 18.3. The van der Waals surface area contributed by atoms with Gasteiger partial charge in [0.25, 0.3) is 11.8 Å². The molecule has 35 heavy (non-hydrogen) atoms. The van der Waals surface area contributed by atoms with Crippen molar-refractivity contribution in [2.75, 3.05) is 13.1 Å². The number of halogens is 3. The van der Waals surface area contributed by atoms with Gasteiger partial charge < -0.3 is 15.2 Å². The van der Waals surface area contributed by atoms with E-state index in [2.05, 4.69) is 4.98 Å². The molecule has 3 aromatic rings. The van der Waals surface area contributed by atoms with E-state index < -0.39 is 23.6 Å². The van der Waals surface area contributed by atoms with Crippen LogP contribution in [0.5, 0.6) is 0 Å². The summed E-state index contributed by atoms with van der Waals surface area (Å²) in [5, 5.41) is 9.06. The van der Waals surface area contributed by atoms with Gasteiger partial charge in [0, 0.05) is 42.3 Å². The monoisotopic (exact) mass is 482 g/mol. The molecule has 4 rings (SSSR count). The Morgan fingerprint density at radius 1 is 1.09 bits per heavy atom. The van der Waals surface area contributed by atoms with E-state index in [-0.39, 0.29) is 36.5 Å². The Bertz CT molecular complexity index is 1300. The smallest absolute Gasteiger partial charge is 0.370 e. The van der Waals surface area contributed by atoms with Gasteiger partial charge in [0.05, 0.1) is 11.9 Å². The van der Waals surface area contributed by atoms with Crippen molar-refractivity contribution in [1.29, 1.82) is 5.41 Å². The number of amides is 2. The molecule has 0 atom stereocenters. The highest BCUT2D eigenvalue weighted by Crippen LogP contribution is 2.37. The molecule has 0 unspecified atom stereocenters. The molecule has 1 aromatic heterocycles. The van der Waals surface area contributed by atoms with Gasteiger partial charge in [0.2, 0.25) is 0 Å². The number of nitrogens with one attached hydrogen (secondary N) is 2. The molecule has 0 fully saturated rings. The van der Waals surface area contributed by atoms with Crippen molar-refractivity contribution in [3.8, 4) is 5.69 Å². The molecule has 8 nitrogen and oxygen atoms in total. The van der Waals surface area contributed by atoms with E-state index in [0.29, 0.717) is 11.1 Å². The summed E-state index contributed by atoms with van der Waals surface area (Å²) >= 11 is 0. The van der Waals surface area contributed by atoms with Crippen LogP contribution in [0, 0.1) is 5.41 Å². The number of aromatic nitrogens is 2. The lowest BCUT2D eigenvalue weighted by atomic mass is 9.92. The van der Waals surface area contributed by atoms with Gasteiger partial charge in [-0.3, -0.25) is 20.3 Å². The molecule has 2 heterocycles. The quantitative estimate of drug-likeness (QED) is 0.390. The summed E-state index contributed by atoms with van der Waals surface area (Å²) in [7, 11) is 0. The number of benzene rings is 2. The predicted octanol–water partition coefficient (Wildman–Crippen LogP) is 3.44. The first-order chi connectivity index (χ1) is 16.6. The zero-order valence-electron chi connectivity index (χ0n) is 18.3. The van der Waals surface area contributed by atoms with E-state index in [1.807, 2.05) is 5.32 Å². The first-order valence-corrected chi connectivity index (χ1v) is 10.6. The third kappa shape index (κ3) is 5.24. The van der Waals surface area contributed by atoms with Crippen molar-refractivity contribution in [2.45, 2.75) is 12.6 Å². The maximum Gasteiger partial charge on any atom is 0.417 e. The van der Waals surface area contributed by atoms with Crippen LogP contribution in [0.2, 0.25) is 0 Å². The van der Waals surface area contributed by atoms with Crippen molar-refractivity contribution in [3.63, 3.8) is 0 Å². The van der Waals surface area contributed by atoms with E-state index in [1.165, 1.54) is 12.1 Å². The van der Waals surface area contributed by atoms with Crippen LogP contribution in [0.15, 0.2) is 67.3 Å². The second kappa shape index (κ2) is 9.45. The molecule has 0 saturated carbocycles. The highest BCUT2D eigenvalue weighted by atomic mass is 19.4. The average Bonchev–Trinajstić information content (AvgIpc) is 3.37. The van der Waals surface area contributed by atoms with Crippen LogP contribution >= 0.6 is 0 Å². The average molecular weight is 482 g/mol. The summed E-state index contributed by atoms with van der Waals surface area (Å²) in [4.78, 5) is 30.5. The summed E-state index contributed by atoms with van der Waals surface area (Å²) in [5.41, 5.74) is 5.59. The molecule has 4 N–H and O–H groups in total. The number of alkyl halides is 3. The van der Waals surface area contributed by atoms with Crippen molar-refractivity contribution in [2.24, 2.45) is 5.73 Å². The van der Waals surface area contributed by atoms with E-state index in [4.69, 9.17) is 11.1 Å². The fraction of sp³-hybridized carbons (Fsp3) is 0.167. The van der Waals surface area contributed by atoms with Gasteiger partial charge in [0.15, 0.2) is 5.96 Å². The van der Waals surface area contributed by atoms with Crippen LogP contribution in [-0.4, -0.2) is 45.3 Å². The van der Waals surface area contributed by atoms with Gasteiger partial charge in [-0.1, -0.05) is 12.1 Å². The summed E-state index contributed by atoms with van der Waals surface area (Å²) in [6, 6.07) is 10.2. The molecule has 1 aliphatic rings. The third-order valence-corrected chi connectivity index (χ3v) is 5.59. The van der Waals surface area contributed by atoms with Gasteiger partial charge in [-0.15, -0.1) is 0 Å². The molecule has 180 valence electrons. The molecule has 0 radical (unpaired) electrons. The molecule has 1 aliphatic heterocycles. The summed E-state index contributed by atoms with van der Waals surface area (Å²) < 4.78 is 43.1. The Balaban J connectivity index is 1.52. The van der Waals surface area contributed by atoms with Crippen LogP contribution in [-0.2, 0) is 6.18 Å². The largest absolute Gasteiger partial charge is 0.417 e. The fourth-order valence-electron chi connectivity index (χ4n) is 3.86. The molecule has 0 aliphatic carbocycles. The lowest BCUT2D eigenvalue weighted by Gasteiger charge is -2.28. The van der Waals surface area contributed by atoms with E-state index in [1.54, 1.807) is 58.5 Å². The van der Waals surface area contributed by atoms with Gasteiger partial charge in [-0.2, -0.15) is 13.2 Å². The number of carbonyl (C=O) groups is 2. The van der Waals surface area contributed by atoms with E-state index in [0.717, 1.165) is 11.8 Å². The van der Waals surface area contributed by atoms with Gasteiger partial charge in [0.1, 0.15) is 0 Å². The van der Waals surface area contributed by atoms with Gasteiger partial charge in [-0.05, 0) is 54.0 Å².